The Hall–Kier alpha value is -3.60. The van der Waals surface area contributed by atoms with Gasteiger partial charge in [-0.1, -0.05) is 36.4 Å². The fourth-order valence-corrected chi connectivity index (χ4v) is 3.60. The molecule has 29 heavy (non-hydrogen) atoms. The fraction of sp³-hybridized carbons (Fsp3) is 0.167. The molecule has 3 aromatic carbocycles. The lowest BCUT2D eigenvalue weighted by molar-refractivity contribution is 0.0947. The van der Waals surface area contributed by atoms with Gasteiger partial charge in [-0.25, -0.2) is 0 Å². The van der Waals surface area contributed by atoms with Gasteiger partial charge in [-0.3, -0.25) is 9.59 Å². The highest BCUT2D eigenvalue weighted by Crippen LogP contribution is 2.28. The number of carbonyl (C=O) groups excluding carboxylic acids is 2. The summed E-state index contributed by atoms with van der Waals surface area (Å²) in [6.45, 7) is 1.05. The molecule has 1 heterocycles. The number of ether oxygens (including phenoxy) is 1. The summed E-state index contributed by atoms with van der Waals surface area (Å²) in [5.41, 5.74) is 4.15. The van der Waals surface area contributed by atoms with Crippen LogP contribution in [0.15, 0.2) is 72.8 Å². The molecule has 0 spiro atoms. The van der Waals surface area contributed by atoms with E-state index >= 15 is 0 Å². The van der Waals surface area contributed by atoms with Crippen molar-refractivity contribution in [2.75, 3.05) is 18.6 Å². The van der Waals surface area contributed by atoms with Crippen molar-refractivity contribution < 1.29 is 14.3 Å². The lowest BCUT2D eigenvalue weighted by atomic mass is 10.1. The maximum atomic E-state index is 12.9. The van der Waals surface area contributed by atoms with Crippen molar-refractivity contribution in [2.45, 2.75) is 13.0 Å². The topological polar surface area (TPSA) is 58.6 Å². The number of para-hydroxylation sites is 2. The number of carbonyl (C=O) groups is 2. The van der Waals surface area contributed by atoms with Crippen LogP contribution in [0.25, 0.3) is 0 Å². The van der Waals surface area contributed by atoms with E-state index in [0.29, 0.717) is 24.2 Å². The van der Waals surface area contributed by atoms with Gasteiger partial charge in [0.2, 0.25) is 0 Å². The van der Waals surface area contributed by atoms with Crippen LogP contribution in [0.1, 0.15) is 31.8 Å². The number of benzene rings is 3. The molecule has 0 radical (unpaired) electrons. The largest absolute Gasteiger partial charge is 0.496 e. The third-order valence-electron chi connectivity index (χ3n) is 5.16. The summed E-state index contributed by atoms with van der Waals surface area (Å²) in [5, 5.41) is 2.89. The zero-order valence-corrected chi connectivity index (χ0v) is 16.2. The Kier molecular flexibility index (Phi) is 5.29. The van der Waals surface area contributed by atoms with Gasteiger partial charge in [-0.15, -0.1) is 0 Å². The molecule has 4 rings (SSSR count). The van der Waals surface area contributed by atoms with E-state index < -0.39 is 0 Å². The Morgan fingerprint density at radius 1 is 0.931 bits per heavy atom. The van der Waals surface area contributed by atoms with E-state index in [1.807, 2.05) is 42.5 Å². The molecule has 1 aliphatic rings. The van der Waals surface area contributed by atoms with Gasteiger partial charge in [-0.05, 0) is 48.4 Å². The molecule has 5 heteroatoms. The van der Waals surface area contributed by atoms with Gasteiger partial charge < -0.3 is 15.0 Å². The first-order valence-corrected chi connectivity index (χ1v) is 9.57. The van der Waals surface area contributed by atoms with Crippen LogP contribution in [0.2, 0.25) is 0 Å². The highest BCUT2D eigenvalue weighted by atomic mass is 16.5. The van der Waals surface area contributed by atoms with E-state index in [1.165, 1.54) is 5.56 Å². The molecule has 0 saturated heterocycles. The molecule has 1 aliphatic heterocycles. The number of nitrogens with zero attached hydrogens (tertiary/aromatic N) is 1. The zero-order chi connectivity index (χ0) is 20.2. The smallest absolute Gasteiger partial charge is 0.258 e. The second-order valence-corrected chi connectivity index (χ2v) is 6.91. The lowest BCUT2D eigenvalue weighted by Crippen LogP contribution is -2.29. The van der Waals surface area contributed by atoms with E-state index in [-0.39, 0.29) is 11.8 Å². The molecule has 0 atom stereocenters. The van der Waals surface area contributed by atoms with E-state index in [4.69, 9.17) is 4.74 Å². The predicted octanol–water partition coefficient (Wildman–Crippen LogP) is 3.83. The minimum absolute atomic E-state index is 0.0454. The van der Waals surface area contributed by atoms with Crippen molar-refractivity contribution in [2.24, 2.45) is 0 Å². The Morgan fingerprint density at radius 2 is 1.62 bits per heavy atom. The number of anilines is 1. The molecule has 1 N–H and O–H groups in total. The van der Waals surface area contributed by atoms with E-state index in [2.05, 4.69) is 11.4 Å². The maximum absolute atomic E-state index is 12.9. The lowest BCUT2D eigenvalue weighted by Gasteiger charge is -2.17. The van der Waals surface area contributed by atoms with Crippen molar-refractivity contribution in [3.8, 4) is 5.75 Å². The summed E-state index contributed by atoms with van der Waals surface area (Å²) in [6, 6.07) is 22.3. The van der Waals surface area contributed by atoms with Crippen LogP contribution in [-0.2, 0) is 13.0 Å². The van der Waals surface area contributed by atoms with E-state index in [1.54, 1.807) is 36.3 Å². The Morgan fingerprint density at radius 3 is 2.41 bits per heavy atom. The highest BCUT2D eigenvalue weighted by Gasteiger charge is 2.25. The van der Waals surface area contributed by atoms with Crippen molar-refractivity contribution >= 4 is 17.5 Å². The van der Waals surface area contributed by atoms with Crippen molar-refractivity contribution in [3.63, 3.8) is 0 Å². The molecular formula is C24H22N2O3. The zero-order valence-electron chi connectivity index (χ0n) is 16.2. The van der Waals surface area contributed by atoms with Gasteiger partial charge >= 0.3 is 0 Å². The maximum Gasteiger partial charge on any atom is 0.258 e. The van der Waals surface area contributed by atoms with Gasteiger partial charge in [0, 0.05) is 35.5 Å². The summed E-state index contributed by atoms with van der Waals surface area (Å²) in [5.74, 6) is 0.497. The van der Waals surface area contributed by atoms with Crippen LogP contribution in [0.3, 0.4) is 0 Å². The number of methoxy groups -OCH3 is 1. The normalized spacial score (nSPS) is 12.4. The minimum Gasteiger partial charge on any atom is -0.496 e. The van der Waals surface area contributed by atoms with Crippen LogP contribution < -0.4 is 15.0 Å². The molecule has 0 fully saturated rings. The van der Waals surface area contributed by atoms with E-state index in [0.717, 1.165) is 23.4 Å². The van der Waals surface area contributed by atoms with Crippen molar-refractivity contribution in [1.82, 2.24) is 5.32 Å². The minimum atomic E-state index is -0.193. The van der Waals surface area contributed by atoms with Crippen LogP contribution in [0.4, 0.5) is 5.69 Å². The van der Waals surface area contributed by atoms with Crippen LogP contribution in [0.5, 0.6) is 5.75 Å². The van der Waals surface area contributed by atoms with Gasteiger partial charge in [-0.2, -0.15) is 0 Å². The predicted molar refractivity (Wildman–Crippen MR) is 112 cm³/mol. The third kappa shape index (κ3) is 3.85. The fourth-order valence-electron chi connectivity index (χ4n) is 3.60. The molecule has 2 amide bonds. The number of rotatable bonds is 5. The van der Waals surface area contributed by atoms with Crippen LogP contribution in [0, 0.1) is 0 Å². The second kappa shape index (κ2) is 8.19. The molecule has 0 unspecified atom stereocenters. The SMILES string of the molecule is COc1ccccc1CNC(=O)c1ccc(C(=O)N2CCc3ccccc32)cc1. The van der Waals surface area contributed by atoms with Gasteiger partial charge in [0.05, 0.1) is 7.11 Å². The summed E-state index contributed by atoms with van der Waals surface area (Å²) >= 11 is 0. The van der Waals surface area contributed by atoms with Crippen molar-refractivity contribution in [1.29, 1.82) is 0 Å². The molecule has 0 aliphatic carbocycles. The summed E-state index contributed by atoms with van der Waals surface area (Å²) < 4.78 is 5.31. The average Bonchev–Trinajstić information content (AvgIpc) is 3.21. The first-order chi connectivity index (χ1) is 14.2. The Bertz CT molecular complexity index is 1040. The monoisotopic (exact) mass is 386 g/mol. The first kappa shape index (κ1) is 18.7. The van der Waals surface area contributed by atoms with Gasteiger partial charge in [0.15, 0.2) is 0 Å². The standard InChI is InChI=1S/C24H22N2O3/c1-29-22-9-5-3-7-20(22)16-25-23(27)18-10-12-19(13-11-18)24(28)26-15-14-17-6-2-4-8-21(17)26/h2-13H,14-16H2,1H3,(H,25,27). The first-order valence-electron chi connectivity index (χ1n) is 9.57. The summed E-state index contributed by atoms with van der Waals surface area (Å²) in [4.78, 5) is 27.2. The number of fused-ring (bicyclic) bond motifs is 1. The number of hydrogen-bond donors (Lipinski definition) is 1. The second-order valence-electron chi connectivity index (χ2n) is 6.91. The molecule has 0 saturated carbocycles. The van der Waals surface area contributed by atoms with E-state index in [9.17, 15) is 9.59 Å². The number of nitrogens with one attached hydrogen (secondary N) is 1. The van der Waals surface area contributed by atoms with Crippen LogP contribution in [-0.4, -0.2) is 25.5 Å². The Balaban J connectivity index is 1.42. The average molecular weight is 386 g/mol. The highest BCUT2D eigenvalue weighted by molar-refractivity contribution is 6.07. The molecule has 5 nitrogen and oxygen atoms in total. The quantitative estimate of drug-likeness (QED) is 0.725. The Labute approximate surface area is 169 Å². The molecule has 0 aromatic heterocycles. The van der Waals surface area contributed by atoms with Gasteiger partial charge in [0.1, 0.15) is 5.75 Å². The van der Waals surface area contributed by atoms with Gasteiger partial charge in [0.25, 0.3) is 11.8 Å². The van der Waals surface area contributed by atoms with Crippen molar-refractivity contribution in [3.05, 3.63) is 95.1 Å². The molecular weight excluding hydrogens is 364 g/mol. The molecule has 146 valence electrons. The molecule has 3 aromatic rings. The number of amides is 2. The third-order valence-corrected chi connectivity index (χ3v) is 5.16. The summed E-state index contributed by atoms with van der Waals surface area (Å²) in [7, 11) is 1.61. The molecule has 0 bridgehead atoms. The number of hydrogen-bond acceptors (Lipinski definition) is 3. The van der Waals surface area contributed by atoms with Crippen LogP contribution >= 0.6 is 0 Å². The summed E-state index contributed by atoms with van der Waals surface area (Å²) in [6.07, 6.45) is 0.866.